The first-order valence-electron chi connectivity index (χ1n) is 6.44. The summed E-state index contributed by atoms with van der Waals surface area (Å²) in [5.41, 5.74) is 2.08. The molecule has 3 rings (SSSR count). The lowest BCUT2D eigenvalue weighted by Gasteiger charge is -2.23. The van der Waals surface area contributed by atoms with Gasteiger partial charge in [0.1, 0.15) is 5.82 Å². The van der Waals surface area contributed by atoms with Crippen molar-refractivity contribution in [1.29, 1.82) is 0 Å². The monoisotopic (exact) mass is 243 g/mol. The first-order valence-corrected chi connectivity index (χ1v) is 6.44. The molecule has 0 saturated heterocycles. The summed E-state index contributed by atoms with van der Waals surface area (Å²) >= 11 is 0. The maximum Gasteiger partial charge on any atom is 0.223 e. The molecular weight excluding hydrogens is 226 g/mol. The van der Waals surface area contributed by atoms with Crippen LogP contribution in [0.2, 0.25) is 0 Å². The summed E-state index contributed by atoms with van der Waals surface area (Å²) in [7, 11) is 1.99. The van der Waals surface area contributed by atoms with Crippen molar-refractivity contribution in [1.82, 2.24) is 14.9 Å². The van der Waals surface area contributed by atoms with Crippen LogP contribution in [0.4, 0.5) is 0 Å². The van der Waals surface area contributed by atoms with Crippen LogP contribution in [-0.2, 0) is 18.4 Å². The van der Waals surface area contributed by atoms with E-state index >= 15 is 0 Å². The third-order valence-corrected chi connectivity index (χ3v) is 3.78. The van der Waals surface area contributed by atoms with Crippen LogP contribution in [0, 0.1) is 5.92 Å². The Morgan fingerprint density at radius 1 is 1.44 bits per heavy atom. The van der Waals surface area contributed by atoms with E-state index in [-0.39, 0.29) is 11.8 Å². The van der Waals surface area contributed by atoms with Gasteiger partial charge < -0.3 is 9.88 Å². The van der Waals surface area contributed by atoms with Crippen LogP contribution in [-0.4, -0.2) is 15.5 Å². The number of benzene rings is 1. The molecule has 4 heteroatoms. The fraction of sp³-hybridized carbons (Fsp3) is 0.429. The van der Waals surface area contributed by atoms with Gasteiger partial charge in [-0.15, -0.1) is 0 Å². The highest BCUT2D eigenvalue weighted by Gasteiger charge is 2.25. The van der Waals surface area contributed by atoms with E-state index in [1.54, 1.807) is 0 Å². The van der Waals surface area contributed by atoms with Gasteiger partial charge in [-0.05, 0) is 25.0 Å². The number of carbonyl (C=O) groups is 1. The Kier molecular flexibility index (Phi) is 2.78. The predicted molar refractivity (Wildman–Crippen MR) is 69.9 cm³/mol. The first kappa shape index (κ1) is 11.3. The highest BCUT2D eigenvalue weighted by atomic mass is 16.1. The van der Waals surface area contributed by atoms with Gasteiger partial charge in [0.05, 0.1) is 17.6 Å². The van der Waals surface area contributed by atoms with Crippen LogP contribution in [0.3, 0.4) is 0 Å². The molecule has 0 radical (unpaired) electrons. The molecule has 0 unspecified atom stereocenters. The lowest BCUT2D eigenvalue weighted by molar-refractivity contribution is -0.127. The van der Waals surface area contributed by atoms with Crippen LogP contribution in [0.5, 0.6) is 0 Å². The van der Waals surface area contributed by atoms with E-state index in [9.17, 15) is 4.79 Å². The van der Waals surface area contributed by atoms with Crippen LogP contribution >= 0.6 is 0 Å². The van der Waals surface area contributed by atoms with Gasteiger partial charge in [0.15, 0.2) is 0 Å². The van der Waals surface area contributed by atoms with Gasteiger partial charge >= 0.3 is 0 Å². The lowest BCUT2D eigenvalue weighted by Crippen LogP contribution is -2.34. The zero-order valence-corrected chi connectivity index (χ0v) is 10.5. The van der Waals surface area contributed by atoms with E-state index in [1.165, 1.54) is 6.42 Å². The highest BCUT2D eigenvalue weighted by molar-refractivity contribution is 5.79. The number of aromatic nitrogens is 2. The number of carbonyl (C=O) groups excluding carboxylic acids is 1. The summed E-state index contributed by atoms with van der Waals surface area (Å²) in [6.45, 7) is 0.514. The molecule has 4 nitrogen and oxygen atoms in total. The molecule has 1 aliphatic rings. The molecule has 0 bridgehead atoms. The van der Waals surface area contributed by atoms with Crippen molar-refractivity contribution in [2.24, 2.45) is 13.0 Å². The van der Waals surface area contributed by atoms with Crippen molar-refractivity contribution < 1.29 is 4.79 Å². The second-order valence-corrected chi connectivity index (χ2v) is 4.92. The first-order chi connectivity index (χ1) is 8.75. The summed E-state index contributed by atoms with van der Waals surface area (Å²) in [6, 6.07) is 8.01. The number of nitrogens with one attached hydrogen (secondary N) is 1. The summed E-state index contributed by atoms with van der Waals surface area (Å²) in [5.74, 6) is 1.32. The Hall–Kier alpha value is -1.84. The van der Waals surface area contributed by atoms with Crippen LogP contribution < -0.4 is 5.32 Å². The van der Waals surface area contributed by atoms with Crippen molar-refractivity contribution in [3.63, 3.8) is 0 Å². The third kappa shape index (κ3) is 1.88. The van der Waals surface area contributed by atoms with E-state index in [4.69, 9.17) is 0 Å². The summed E-state index contributed by atoms with van der Waals surface area (Å²) in [5, 5.41) is 2.98. The molecule has 1 aromatic carbocycles. The summed E-state index contributed by atoms with van der Waals surface area (Å²) < 4.78 is 2.04. The van der Waals surface area contributed by atoms with Crippen molar-refractivity contribution >= 4 is 16.9 Å². The number of nitrogens with zero attached hydrogens (tertiary/aromatic N) is 2. The number of rotatable bonds is 3. The van der Waals surface area contributed by atoms with Crippen LogP contribution in [0.25, 0.3) is 11.0 Å². The van der Waals surface area contributed by atoms with Gasteiger partial charge in [0.25, 0.3) is 0 Å². The van der Waals surface area contributed by atoms with E-state index in [0.29, 0.717) is 6.54 Å². The average Bonchev–Trinajstić information content (AvgIpc) is 2.62. The molecular formula is C14H17N3O. The fourth-order valence-electron chi connectivity index (χ4n) is 2.33. The third-order valence-electron chi connectivity index (χ3n) is 3.78. The molecule has 0 spiro atoms. The second kappa shape index (κ2) is 4.44. The molecule has 1 fully saturated rings. The molecule has 94 valence electrons. The molecule has 1 saturated carbocycles. The highest BCUT2D eigenvalue weighted by Crippen LogP contribution is 2.26. The number of hydrogen-bond donors (Lipinski definition) is 1. The van der Waals surface area contributed by atoms with Gasteiger partial charge in [-0.1, -0.05) is 18.6 Å². The molecule has 0 aliphatic heterocycles. The molecule has 0 atom stereocenters. The van der Waals surface area contributed by atoms with Gasteiger partial charge in [-0.3, -0.25) is 4.79 Å². The number of hydrogen-bond acceptors (Lipinski definition) is 2. The normalized spacial score (nSPS) is 15.6. The molecule has 1 aromatic heterocycles. The van der Waals surface area contributed by atoms with Crippen LogP contribution in [0.1, 0.15) is 25.1 Å². The molecule has 1 heterocycles. The minimum Gasteiger partial charge on any atom is -0.349 e. The lowest BCUT2D eigenvalue weighted by atomic mass is 9.85. The Labute approximate surface area is 106 Å². The summed E-state index contributed by atoms with van der Waals surface area (Å²) in [4.78, 5) is 16.3. The van der Waals surface area contributed by atoms with Crippen molar-refractivity contribution in [2.45, 2.75) is 25.8 Å². The molecule has 2 aromatic rings. The maximum absolute atomic E-state index is 11.8. The minimum absolute atomic E-state index is 0.174. The number of fused-ring (bicyclic) bond motifs is 1. The average molecular weight is 243 g/mol. The number of imidazole rings is 1. The molecule has 1 N–H and O–H groups in total. The molecule has 1 aliphatic carbocycles. The van der Waals surface area contributed by atoms with Gasteiger partial charge in [0, 0.05) is 13.0 Å². The standard InChI is InChI=1S/C14H17N3O/c1-17-12-8-3-2-7-11(12)16-13(17)9-15-14(18)10-5-4-6-10/h2-3,7-8,10H,4-6,9H2,1H3,(H,15,18). The largest absolute Gasteiger partial charge is 0.349 e. The SMILES string of the molecule is Cn1c(CNC(=O)C2CCC2)nc2ccccc21. The van der Waals surface area contributed by atoms with E-state index in [2.05, 4.69) is 10.3 Å². The number of para-hydroxylation sites is 2. The van der Waals surface area contributed by atoms with Gasteiger partial charge in [-0.25, -0.2) is 4.98 Å². The van der Waals surface area contributed by atoms with E-state index in [1.807, 2.05) is 35.9 Å². The van der Waals surface area contributed by atoms with Crippen molar-refractivity contribution in [2.75, 3.05) is 0 Å². The quantitative estimate of drug-likeness (QED) is 0.896. The Morgan fingerprint density at radius 3 is 2.89 bits per heavy atom. The zero-order chi connectivity index (χ0) is 12.5. The van der Waals surface area contributed by atoms with Gasteiger partial charge in [-0.2, -0.15) is 0 Å². The van der Waals surface area contributed by atoms with Crippen LogP contribution in [0.15, 0.2) is 24.3 Å². The summed E-state index contributed by atoms with van der Waals surface area (Å²) in [6.07, 6.45) is 3.26. The zero-order valence-electron chi connectivity index (χ0n) is 10.5. The molecule has 18 heavy (non-hydrogen) atoms. The van der Waals surface area contributed by atoms with E-state index < -0.39 is 0 Å². The molecule has 1 amide bonds. The maximum atomic E-state index is 11.8. The second-order valence-electron chi connectivity index (χ2n) is 4.92. The van der Waals surface area contributed by atoms with Crippen molar-refractivity contribution in [3.05, 3.63) is 30.1 Å². The fourth-order valence-corrected chi connectivity index (χ4v) is 2.33. The Morgan fingerprint density at radius 2 is 2.22 bits per heavy atom. The topological polar surface area (TPSA) is 46.9 Å². The Bertz CT molecular complexity index is 584. The van der Waals surface area contributed by atoms with Crippen molar-refractivity contribution in [3.8, 4) is 0 Å². The number of amides is 1. The Balaban J connectivity index is 1.74. The van der Waals surface area contributed by atoms with Gasteiger partial charge in [0.2, 0.25) is 5.91 Å². The smallest absolute Gasteiger partial charge is 0.223 e. The number of aryl methyl sites for hydroxylation is 1. The predicted octanol–water partition coefficient (Wildman–Crippen LogP) is 1.99. The van der Waals surface area contributed by atoms with E-state index in [0.717, 1.165) is 29.7 Å². The minimum atomic E-state index is 0.174.